The minimum Gasteiger partial charge on any atom is -0.122 e. The van der Waals surface area contributed by atoms with Gasteiger partial charge in [0.1, 0.15) is 0 Å². The topological polar surface area (TPSA) is 0 Å². The molecular formula is C9H15Cl. The van der Waals surface area contributed by atoms with Crippen molar-refractivity contribution in [3.05, 3.63) is 11.6 Å². The number of halogens is 1. The summed E-state index contributed by atoms with van der Waals surface area (Å²) in [4.78, 5) is 0. The summed E-state index contributed by atoms with van der Waals surface area (Å²) in [5.74, 6) is 0.659. The zero-order valence-corrected chi connectivity index (χ0v) is 7.49. The van der Waals surface area contributed by atoms with Gasteiger partial charge in [-0.2, -0.15) is 0 Å². The van der Waals surface area contributed by atoms with Crippen LogP contribution in [0.3, 0.4) is 0 Å². The van der Waals surface area contributed by atoms with Crippen molar-refractivity contribution in [3.8, 4) is 0 Å². The molecule has 0 radical (unpaired) electrons. The molecule has 10 heavy (non-hydrogen) atoms. The van der Waals surface area contributed by atoms with Crippen LogP contribution in [-0.2, 0) is 0 Å². The van der Waals surface area contributed by atoms with E-state index in [1.807, 2.05) is 0 Å². The van der Waals surface area contributed by atoms with Gasteiger partial charge in [-0.15, -0.1) is 11.6 Å². The molecule has 0 amide bonds. The Morgan fingerprint density at radius 1 is 1.40 bits per heavy atom. The summed E-state index contributed by atoms with van der Waals surface area (Å²) in [6.07, 6.45) is 6.11. The number of allylic oxidation sites excluding steroid dienone is 2. The summed E-state index contributed by atoms with van der Waals surface area (Å²) < 4.78 is 0. The van der Waals surface area contributed by atoms with Gasteiger partial charge in [0.05, 0.1) is 0 Å². The Morgan fingerprint density at radius 3 is 2.50 bits per heavy atom. The van der Waals surface area contributed by atoms with Crippen LogP contribution in [-0.4, -0.2) is 5.38 Å². The Labute approximate surface area is 68.3 Å². The van der Waals surface area contributed by atoms with E-state index < -0.39 is 0 Å². The van der Waals surface area contributed by atoms with Gasteiger partial charge in [-0.25, -0.2) is 0 Å². The highest BCUT2D eigenvalue weighted by molar-refractivity contribution is 6.21. The molecule has 0 saturated heterocycles. The molecule has 1 fully saturated rings. The maximum Gasteiger partial charge on any atom is 0.0398 e. The Balaban J connectivity index is 2.48. The van der Waals surface area contributed by atoms with E-state index in [0.29, 0.717) is 11.3 Å². The second-order valence-corrected chi connectivity index (χ2v) is 3.92. The molecule has 1 saturated carbocycles. The minimum absolute atomic E-state index is 0.412. The molecule has 1 aliphatic carbocycles. The number of rotatable bonds is 1. The van der Waals surface area contributed by atoms with Gasteiger partial charge < -0.3 is 0 Å². The predicted octanol–water partition coefficient (Wildman–Crippen LogP) is 3.36. The van der Waals surface area contributed by atoms with Crippen LogP contribution >= 0.6 is 11.6 Å². The molecule has 2 atom stereocenters. The molecule has 0 aromatic heterocycles. The Bertz CT molecular complexity index is 134. The molecule has 0 N–H and O–H groups in total. The van der Waals surface area contributed by atoms with E-state index in [1.54, 1.807) is 0 Å². The average Bonchev–Trinajstić information content (AvgIpc) is 2.15. The van der Waals surface area contributed by atoms with Crippen molar-refractivity contribution in [1.82, 2.24) is 0 Å². The highest BCUT2D eigenvalue weighted by Crippen LogP contribution is 2.31. The first-order chi connectivity index (χ1) is 4.70. The smallest absolute Gasteiger partial charge is 0.0398 e. The van der Waals surface area contributed by atoms with Gasteiger partial charge in [0.25, 0.3) is 0 Å². The van der Waals surface area contributed by atoms with Crippen molar-refractivity contribution >= 4 is 11.6 Å². The second-order valence-electron chi connectivity index (χ2n) is 3.35. The van der Waals surface area contributed by atoms with E-state index in [4.69, 9.17) is 11.6 Å². The van der Waals surface area contributed by atoms with E-state index >= 15 is 0 Å². The summed E-state index contributed by atoms with van der Waals surface area (Å²) in [5, 5.41) is 0.412. The molecule has 1 heteroatoms. The minimum atomic E-state index is 0.412. The molecule has 0 heterocycles. The lowest BCUT2D eigenvalue weighted by Gasteiger charge is -2.07. The highest BCUT2D eigenvalue weighted by Gasteiger charge is 2.22. The summed E-state index contributed by atoms with van der Waals surface area (Å²) in [5.41, 5.74) is 1.40. The Hall–Kier alpha value is 0.0300. The summed E-state index contributed by atoms with van der Waals surface area (Å²) in [6.45, 7) is 4.28. The number of alkyl halides is 1. The SMILES string of the molecule is CC(C)=C[C@@H]1CCC[C@H]1Cl. The third kappa shape index (κ3) is 2.02. The maximum atomic E-state index is 6.08. The van der Waals surface area contributed by atoms with Crippen molar-refractivity contribution < 1.29 is 0 Å². The molecule has 58 valence electrons. The average molecular weight is 159 g/mol. The second kappa shape index (κ2) is 3.43. The third-order valence-corrected chi connectivity index (χ3v) is 2.57. The number of hydrogen-bond donors (Lipinski definition) is 0. The number of hydrogen-bond acceptors (Lipinski definition) is 0. The zero-order valence-electron chi connectivity index (χ0n) is 6.73. The summed E-state index contributed by atoms with van der Waals surface area (Å²) in [6, 6.07) is 0. The quantitative estimate of drug-likeness (QED) is 0.406. The lowest BCUT2D eigenvalue weighted by molar-refractivity contribution is 0.687. The highest BCUT2D eigenvalue weighted by atomic mass is 35.5. The maximum absolute atomic E-state index is 6.08. The lowest BCUT2D eigenvalue weighted by atomic mass is 10.1. The van der Waals surface area contributed by atoms with Crippen LogP contribution in [0.25, 0.3) is 0 Å². The van der Waals surface area contributed by atoms with Crippen molar-refractivity contribution in [1.29, 1.82) is 0 Å². The van der Waals surface area contributed by atoms with Crippen LogP contribution in [0, 0.1) is 5.92 Å². The van der Waals surface area contributed by atoms with Crippen LogP contribution in [0.1, 0.15) is 33.1 Å². The van der Waals surface area contributed by atoms with Gasteiger partial charge in [-0.1, -0.05) is 18.1 Å². The third-order valence-electron chi connectivity index (χ3n) is 2.03. The fourth-order valence-corrected chi connectivity index (χ4v) is 1.91. The van der Waals surface area contributed by atoms with E-state index in [2.05, 4.69) is 19.9 Å². The Kier molecular flexibility index (Phi) is 2.79. The molecule has 1 rings (SSSR count). The molecule has 0 aromatic carbocycles. The van der Waals surface area contributed by atoms with Crippen LogP contribution < -0.4 is 0 Å². The van der Waals surface area contributed by atoms with Gasteiger partial charge in [-0.05, 0) is 32.6 Å². The lowest BCUT2D eigenvalue weighted by Crippen LogP contribution is -2.03. The first-order valence-corrected chi connectivity index (χ1v) is 4.43. The Morgan fingerprint density at radius 2 is 2.10 bits per heavy atom. The van der Waals surface area contributed by atoms with Crippen molar-refractivity contribution in [2.75, 3.05) is 0 Å². The summed E-state index contributed by atoms with van der Waals surface area (Å²) >= 11 is 6.08. The fraction of sp³-hybridized carbons (Fsp3) is 0.778. The largest absolute Gasteiger partial charge is 0.122 e. The standard InChI is InChI=1S/C9H15Cl/c1-7(2)6-8-4-3-5-9(8)10/h6,8-9H,3-5H2,1-2H3/t8-,9+/m0/s1. The van der Waals surface area contributed by atoms with Crippen molar-refractivity contribution in [3.63, 3.8) is 0 Å². The monoisotopic (exact) mass is 158 g/mol. The van der Waals surface area contributed by atoms with Gasteiger partial charge in [0.15, 0.2) is 0 Å². The van der Waals surface area contributed by atoms with Crippen LogP contribution in [0.15, 0.2) is 11.6 Å². The molecule has 0 unspecified atom stereocenters. The first-order valence-electron chi connectivity index (χ1n) is 3.99. The van der Waals surface area contributed by atoms with Gasteiger partial charge in [0.2, 0.25) is 0 Å². The van der Waals surface area contributed by atoms with Gasteiger partial charge in [0, 0.05) is 5.38 Å². The summed E-state index contributed by atoms with van der Waals surface area (Å²) in [7, 11) is 0. The molecule has 0 bridgehead atoms. The van der Waals surface area contributed by atoms with E-state index in [9.17, 15) is 0 Å². The van der Waals surface area contributed by atoms with Crippen molar-refractivity contribution in [2.24, 2.45) is 5.92 Å². The molecule has 0 aromatic rings. The van der Waals surface area contributed by atoms with Crippen LogP contribution in [0.2, 0.25) is 0 Å². The molecule has 0 nitrogen and oxygen atoms in total. The predicted molar refractivity (Wildman–Crippen MR) is 46.4 cm³/mol. The molecule has 0 aliphatic heterocycles. The van der Waals surface area contributed by atoms with E-state index in [-0.39, 0.29) is 0 Å². The van der Waals surface area contributed by atoms with Crippen LogP contribution in [0.5, 0.6) is 0 Å². The van der Waals surface area contributed by atoms with Crippen molar-refractivity contribution in [2.45, 2.75) is 38.5 Å². The molecule has 0 spiro atoms. The normalized spacial score (nSPS) is 32.3. The van der Waals surface area contributed by atoms with E-state index in [1.165, 1.54) is 24.8 Å². The van der Waals surface area contributed by atoms with Crippen LogP contribution in [0.4, 0.5) is 0 Å². The first kappa shape index (κ1) is 8.13. The van der Waals surface area contributed by atoms with E-state index in [0.717, 1.165) is 0 Å². The zero-order chi connectivity index (χ0) is 7.56. The van der Waals surface area contributed by atoms with Gasteiger partial charge >= 0.3 is 0 Å². The molecule has 1 aliphatic rings. The fourth-order valence-electron chi connectivity index (χ4n) is 1.56. The van der Waals surface area contributed by atoms with Gasteiger partial charge in [-0.3, -0.25) is 0 Å². The molecular weight excluding hydrogens is 144 g/mol.